The lowest BCUT2D eigenvalue weighted by atomic mass is 10.1. The quantitative estimate of drug-likeness (QED) is 0.685. The predicted octanol–water partition coefficient (Wildman–Crippen LogP) is 3.95. The third kappa shape index (κ3) is 6.72. The molecule has 2 N–H and O–H groups in total. The Kier molecular flexibility index (Phi) is 7.56. The Morgan fingerprint density at radius 1 is 1.24 bits per heavy atom. The van der Waals surface area contributed by atoms with Crippen molar-refractivity contribution in [3.63, 3.8) is 0 Å². The lowest BCUT2D eigenvalue weighted by Crippen LogP contribution is -2.27. The number of benzene rings is 1. The Morgan fingerprint density at radius 3 is 2.52 bits per heavy atom. The van der Waals surface area contributed by atoms with Crippen LogP contribution in [0.15, 0.2) is 16.6 Å². The predicted molar refractivity (Wildman–Crippen MR) is 83.4 cm³/mol. The zero-order valence-corrected chi connectivity index (χ0v) is 14.1. The second-order valence-electron chi connectivity index (χ2n) is 5.55. The van der Waals surface area contributed by atoms with Crippen molar-refractivity contribution in [2.45, 2.75) is 39.4 Å². The first kappa shape index (κ1) is 18.3. The first-order valence-electron chi connectivity index (χ1n) is 6.97. The smallest absolute Gasteiger partial charge is 0.147 e. The third-order valence-corrected chi connectivity index (χ3v) is 3.52. The van der Waals surface area contributed by atoms with Gasteiger partial charge in [0.1, 0.15) is 11.6 Å². The van der Waals surface area contributed by atoms with Gasteiger partial charge in [0.2, 0.25) is 0 Å². The molecule has 0 heterocycles. The van der Waals surface area contributed by atoms with Crippen LogP contribution >= 0.6 is 15.9 Å². The van der Waals surface area contributed by atoms with E-state index in [-0.39, 0.29) is 29.4 Å². The van der Waals surface area contributed by atoms with Gasteiger partial charge in [-0.2, -0.15) is 0 Å². The fraction of sp³-hybridized carbons (Fsp3) is 0.600. The normalized spacial score (nSPS) is 14.3. The Balaban J connectivity index is 2.39. The van der Waals surface area contributed by atoms with Gasteiger partial charge >= 0.3 is 0 Å². The van der Waals surface area contributed by atoms with Crippen molar-refractivity contribution in [1.82, 2.24) is 0 Å². The topological polar surface area (TPSA) is 41.5 Å². The van der Waals surface area contributed by atoms with E-state index in [1.54, 1.807) is 0 Å². The van der Waals surface area contributed by atoms with Gasteiger partial charge in [0.25, 0.3) is 0 Å². The number of nitrogens with one attached hydrogen (secondary N) is 1. The van der Waals surface area contributed by atoms with Crippen LogP contribution in [0.1, 0.15) is 27.2 Å². The zero-order chi connectivity index (χ0) is 16.0. The van der Waals surface area contributed by atoms with Gasteiger partial charge < -0.3 is 15.2 Å². The van der Waals surface area contributed by atoms with Gasteiger partial charge in [0.05, 0.1) is 29.0 Å². The minimum absolute atomic E-state index is 0.0185. The maximum atomic E-state index is 13.6. The number of rotatable bonds is 8. The number of aliphatic hydroxyl groups is 1. The maximum absolute atomic E-state index is 13.6. The van der Waals surface area contributed by atoms with E-state index >= 15 is 0 Å². The third-order valence-electron chi connectivity index (χ3n) is 2.91. The maximum Gasteiger partial charge on any atom is 0.147 e. The highest BCUT2D eigenvalue weighted by atomic mass is 79.9. The molecular formula is C15H22BrF2NO2. The summed E-state index contributed by atoms with van der Waals surface area (Å²) in [6.07, 6.45) is 0.180. The molecule has 0 saturated carbocycles. The molecule has 6 heteroatoms. The van der Waals surface area contributed by atoms with E-state index < -0.39 is 17.7 Å². The molecule has 2 unspecified atom stereocenters. The first-order chi connectivity index (χ1) is 9.79. The van der Waals surface area contributed by atoms with Crippen LogP contribution in [0.2, 0.25) is 0 Å². The molecule has 0 radical (unpaired) electrons. The summed E-state index contributed by atoms with van der Waals surface area (Å²) in [7, 11) is 0. The summed E-state index contributed by atoms with van der Waals surface area (Å²) >= 11 is 2.91. The van der Waals surface area contributed by atoms with Gasteiger partial charge in [0, 0.05) is 12.6 Å². The van der Waals surface area contributed by atoms with Crippen LogP contribution in [0.4, 0.5) is 14.5 Å². The van der Waals surface area contributed by atoms with Gasteiger partial charge in [-0.05, 0) is 41.3 Å². The molecule has 3 nitrogen and oxygen atoms in total. The molecule has 1 aromatic carbocycles. The molecule has 21 heavy (non-hydrogen) atoms. The Bertz CT molecular complexity index is 458. The molecule has 0 saturated heterocycles. The Labute approximate surface area is 132 Å². The molecule has 120 valence electrons. The lowest BCUT2D eigenvalue weighted by molar-refractivity contribution is -0.00445. The molecule has 0 aliphatic carbocycles. The van der Waals surface area contributed by atoms with E-state index in [0.29, 0.717) is 5.92 Å². The SMILES string of the molecule is CC(C)CC(C)OCC(O)CNc1cc(F)c(Br)cc1F. The zero-order valence-electron chi connectivity index (χ0n) is 12.5. The standard InChI is InChI=1S/C15H22BrF2NO2/c1-9(2)4-10(3)21-8-11(20)7-19-15-6-13(17)12(16)5-14(15)18/h5-6,9-11,19-20H,4,7-8H2,1-3H3. The van der Waals surface area contributed by atoms with Crippen LogP contribution in [0, 0.1) is 17.6 Å². The van der Waals surface area contributed by atoms with Gasteiger partial charge in [-0.25, -0.2) is 8.78 Å². The van der Waals surface area contributed by atoms with Crippen LogP contribution in [-0.2, 0) is 4.74 Å². The Hall–Kier alpha value is -0.720. The van der Waals surface area contributed by atoms with Crippen molar-refractivity contribution in [3.05, 3.63) is 28.2 Å². The van der Waals surface area contributed by atoms with E-state index in [4.69, 9.17) is 4.74 Å². The molecule has 0 fully saturated rings. The van der Waals surface area contributed by atoms with Crippen LogP contribution in [-0.4, -0.2) is 30.5 Å². The Morgan fingerprint density at radius 2 is 1.90 bits per heavy atom. The summed E-state index contributed by atoms with van der Waals surface area (Å²) in [5.41, 5.74) is 0.0185. The summed E-state index contributed by atoms with van der Waals surface area (Å²) in [5.74, 6) is -0.616. The lowest BCUT2D eigenvalue weighted by Gasteiger charge is -2.18. The highest BCUT2D eigenvalue weighted by molar-refractivity contribution is 9.10. The monoisotopic (exact) mass is 365 g/mol. The summed E-state index contributed by atoms with van der Waals surface area (Å²) in [6, 6.07) is 2.10. The van der Waals surface area contributed by atoms with Gasteiger partial charge in [0.15, 0.2) is 0 Å². The number of ether oxygens (including phenoxy) is 1. The van der Waals surface area contributed by atoms with Gasteiger partial charge in [-0.15, -0.1) is 0 Å². The van der Waals surface area contributed by atoms with Gasteiger partial charge in [-0.3, -0.25) is 0 Å². The molecule has 1 aromatic rings. The molecule has 0 aromatic heterocycles. The number of hydrogen-bond acceptors (Lipinski definition) is 3. The summed E-state index contributed by atoms with van der Waals surface area (Å²) < 4.78 is 32.5. The van der Waals surface area contributed by atoms with Crippen LogP contribution in [0.3, 0.4) is 0 Å². The number of hydrogen-bond donors (Lipinski definition) is 2. The number of halogens is 3. The van der Waals surface area contributed by atoms with Crippen molar-refractivity contribution >= 4 is 21.6 Å². The number of aliphatic hydroxyl groups excluding tert-OH is 1. The minimum atomic E-state index is -0.786. The van der Waals surface area contributed by atoms with E-state index in [2.05, 4.69) is 35.1 Å². The van der Waals surface area contributed by atoms with Crippen LogP contribution < -0.4 is 5.32 Å². The van der Waals surface area contributed by atoms with Crippen molar-refractivity contribution in [2.75, 3.05) is 18.5 Å². The average molecular weight is 366 g/mol. The minimum Gasteiger partial charge on any atom is -0.389 e. The van der Waals surface area contributed by atoms with Crippen molar-refractivity contribution < 1.29 is 18.6 Å². The fourth-order valence-electron chi connectivity index (χ4n) is 1.95. The summed E-state index contributed by atoms with van der Waals surface area (Å²) in [4.78, 5) is 0. The van der Waals surface area contributed by atoms with Crippen molar-refractivity contribution in [1.29, 1.82) is 0 Å². The second-order valence-corrected chi connectivity index (χ2v) is 6.41. The highest BCUT2D eigenvalue weighted by Gasteiger charge is 2.12. The molecule has 0 spiro atoms. The highest BCUT2D eigenvalue weighted by Crippen LogP contribution is 2.23. The van der Waals surface area contributed by atoms with Crippen molar-refractivity contribution in [3.8, 4) is 0 Å². The van der Waals surface area contributed by atoms with E-state index in [1.807, 2.05) is 6.92 Å². The summed E-state index contributed by atoms with van der Waals surface area (Å²) in [5, 5.41) is 12.5. The van der Waals surface area contributed by atoms with E-state index in [0.717, 1.165) is 18.6 Å². The average Bonchev–Trinajstić information content (AvgIpc) is 2.38. The second kappa shape index (κ2) is 8.66. The molecule has 2 atom stereocenters. The van der Waals surface area contributed by atoms with Crippen molar-refractivity contribution in [2.24, 2.45) is 5.92 Å². The van der Waals surface area contributed by atoms with E-state index in [1.165, 1.54) is 0 Å². The largest absolute Gasteiger partial charge is 0.389 e. The van der Waals surface area contributed by atoms with Crippen LogP contribution in [0.5, 0.6) is 0 Å². The molecule has 0 bridgehead atoms. The number of anilines is 1. The van der Waals surface area contributed by atoms with Gasteiger partial charge in [-0.1, -0.05) is 13.8 Å². The molecule has 1 rings (SSSR count). The summed E-state index contributed by atoms with van der Waals surface area (Å²) in [6.45, 7) is 6.39. The molecule has 0 aliphatic heterocycles. The van der Waals surface area contributed by atoms with Crippen LogP contribution in [0.25, 0.3) is 0 Å². The molecule has 0 amide bonds. The fourth-order valence-corrected chi connectivity index (χ4v) is 2.27. The molecule has 0 aliphatic rings. The molecular weight excluding hydrogens is 344 g/mol. The van der Waals surface area contributed by atoms with E-state index in [9.17, 15) is 13.9 Å². The first-order valence-corrected chi connectivity index (χ1v) is 7.77.